The number of rotatable bonds is 15. The Hall–Kier alpha value is -2.88. The van der Waals surface area contributed by atoms with Gasteiger partial charge in [0.2, 0.25) is 0 Å². The van der Waals surface area contributed by atoms with Crippen molar-refractivity contribution in [2.75, 3.05) is 13.2 Å². The molecule has 5 rings (SSSR count). The summed E-state index contributed by atoms with van der Waals surface area (Å²) in [7, 11) is 0. The van der Waals surface area contributed by atoms with Crippen LogP contribution in [-0.4, -0.2) is 49.9 Å². The van der Waals surface area contributed by atoms with Crippen molar-refractivity contribution >= 4 is 0 Å². The van der Waals surface area contributed by atoms with E-state index in [4.69, 9.17) is 33.2 Å². The molecule has 218 valence electrons. The number of ether oxygens (including phenoxy) is 7. The highest BCUT2D eigenvalue weighted by molar-refractivity contribution is 5.15. The molecule has 0 radical (unpaired) electrons. The first-order valence-electron chi connectivity index (χ1n) is 14.3. The van der Waals surface area contributed by atoms with Crippen molar-refractivity contribution in [3.05, 3.63) is 120 Å². The van der Waals surface area contributed by atoms with E-state index in [1.54, 1.807) is 6.92 Å². The summed E-state index contributed by atoms with van der Waals surface area (Å²) in [6.45, 7) is 7.55. The largest absolute Gasteiger partial charge is 0.374 e. The van der Waals surface area contributed by atoms with Crippen LogP contribution in [0.3, 0.4) is 0 Å². The molecule has 3 aromatic carbocycles. The van der Waals surface area contributed by atoms with Crippen LogP contribution in [0.4, 0.5) is 0 Å². The van der Waals surface area contributed by atoms with Crippen LogP contribution in [0, 0.1) is 0 Å². The van der Waals surface area contributed by atoms with E-state index >= 15 is 0 Å². The van der Waals surface area contributed by atoms with E-state index in [-0.39, 0.29) is 0 Å². The van der Waals surface area contributed by atoms with Crippen molar-refractivity contribution in [2.24, 2.45) is 0 Å². The Kier molecular flexibility index (Phi) is 10.7. The van der Waals surface area contributed by atoms with Gasteiger partial charge in [0.25, 0.3) is 5.97 Å². The molecule has 2 aliphatic heterocycles. The average molecular weight is 561 g/mol. The van der Waals surface area contributed by atoms with Gasteiger partial charge in [-0.2, -0.15) is 0 Å². The molecule has 6 atom stereocenters. The second kappa shape index (κ2) is 14.8. The zero-order valence-electron chi connectivity index (χ0n) is 23.6. The normalized spacial score (nSPS) is 27.4. The van der Waals surface area contributed by atoms with Crippen LogP contribution < -0.4 is 0 Å². The summed E-state index contributed by atoms with van der Waals surface area (Å²) in [4.78, 5) is 0. The van der Waals surface area contributed by atoms with Crippen molar-refractivity contribution < 1.29 is 33.2 Å². The molecule has 41 heavy (non-hydrogen) atoms. The highest BCUT2D eigenvalue weighted by Crippen LogP contribution is 2.40. The van der Waals surface area contributed by atoms with Gasteiger partial charge in [-0.05, 0) is 29.5 Å². The smallest absolute Gasteiger partial charge is 0.282 e. The minimum Gasteiger partial charge on any atom is -0.374 e. The van der Waals surface area contributed by atoms with Gasteiger partial charge in [0, 0.05) is 6.92 Å². The predicted octanol–water partition coefficient (Wildman–Crippen LogP) is 6.17. The summed E-state index contributed by atoms with van der Waals surface area (Å²) in [5.74, 6) is -1.27. The maximum atomic E-state index is 6.58. The summed E-state index contributed by atoms with van der Waals surface area (Å²) in [5.41, 5.74) is 3.19. The van der Waals surface area contributed by atoms with Gasteiger partial charge in [-0.15, -0.1) is 6.58 Å². The Bertz CT molecular complexity index is 1180. The summed E-state index contributed by atoms with van der Waals surface area (Å²) >= 11 is 0. The van der Waals surface area contributed by atoms with E-state index in [0.717, 1.165) is 29.5 Å². The van der Waals surface area contributed by atoms with Gasteiger partial charge < -0.3 is 28.4 Å². The van der Waals surface area contributed by atoms with Crippen LogP contribution in [0.1, 0.15) is 36.5 Å². The molecule has 0 amide bonds. The second-order valence-electron chi connectivity index (χ2n) is 10.4. The van der Waals surface area contributed by atoms with Gasteiger partial charge in [0.05, 0.1) is 33.0 Å². The van der Waals surface area contributed by atoms with Crippen LogP contribution in [0.2, 0.25) is 0 Å². The first-order valence-corrected chi connectivity index (χ1v) is 14.3. The number of allylic oxidation sites excluding steroid dienone is 1. The van der Waals surface area contributed by atoms with E-state index < -0.39 is 36.7 Å². The minimum atomic E-state index is -1.27. The molecule has 0 saturated carbocycles. The molecule has 0 N–H and O–H groups in total. The zero-order valence-corrected chi connectivity index (χ0v) is 23.6. The summed E-state index contributed by atoms with van der Waals surface area (Å²) in [6.07, 6.45) is 0.817. The molecule has 0 bridgehead atoms. The molecule has 3 aromatic rings. The quantitative estimate of drug-likeness (QED) is 0.163. The maximum Gasteiger partial charge on any atom is 0.282 e. The van der Waals surface area contributed by atoms with Gasteiger partial charge in [0.15, 0.2) is 6.29 Å². The Balaban J connectivity index is 1.35. The van der Waals surface area contributed by atoms with Crippen LogP contribution in [0.25, 0.3) is 0 Å². The van der Waals surface area contributed by atoms with Crippen LogP contribution >= 0.6 is 0 Å². The summed E-state index contributed by atoms with van der Waals surface area (Å²) in [5, 5.41) is 0. The molecule has 0 spiro atoms. The number of fused-ring (bicyclic) bond motifs is 1. The second-order valence-corrected chi connectivity index (χ2v) is 10.4. The van der Waals surface area contributed by atoms with E-state index in [9.17, 15) is 0 Å². The maximum absolute atomic E-state index is 6.58. The fraction of sp³-hybridized carbons (Fsp3) is 0.412. The molecular weight excluding hydrogens is 520 g/mol. The third kappa shape index (κ3) is 8.33. The monoisotopic (exact) mass is 560 g/mol. The predicted molar refractivity (Wildman–Crippen MR) is 155 cm³/mol. The van der Waals surface area contributed by atoms with Gasteiger partial charge in [-0.25, -0.2) is 0 Å². The first kappa shape index (κ1) is 29.6. The van der Waals surface area contributed by atoms with Crippen molar-refractivity contribution in [1.29, 1.82) is 0 Å². The minimum absolute atomic E-state index is 0.295. The SMILES string of the molecule is C=CCCCOC1(C)O[C@H]2O[C@H](COCc3ccccc3)[C@@H](OCc3ccccc3)[C@H](OCc3ccccc3)[C@H]2O1. The lowest BCUT2D eigenvalue weighted by atomic mass is 9.98. The fourth-order valence-corrected chi connectivity index (χ4v) is 5.06. The van der Waals surface area contributed by atoms with Crippen LogP contribution in [-0.2, 0) is 53.0 Å². The van der Waals surface area contributed by atoms with Crippen molar-refractivity contribution in [2.45, 2.75) is 76.3 Å². The molecule has 0 aromatic heterocycles. The van der Waals surface area contributed by atoms with Gasteiger partial charge >= 0.3 is 0 Å². The van der Waals surface area contributed by atoms with E-state index in [1.165, 1.54) is 0 Å². The number of hydrogen-bond donors (Lipinski definition) is 0. The Morgan fingerprint density at radius 3 is 1.90 bits per heavy atom. The van der Waals surface area contributed by atoms with Gasteiger partial charge in [-0.3, -0.25) is 4.74 Å². The molecular formula is C34H40O7. The number of hydrogen-bond acceptors (Lipinski definition) is 7. The molecule has 1 unspecified atom stereocenters. The topological polar surface area (TPSA) is 64.6 Å². The van der Waals surface area contributed by atoms with E-state index in [1.807, 2.05) is 97.1 Å². The lowest BCUT2D eigenvalue weighted by molar-refractivity contribution is -0.344. The molecule has 7 heteroatoms. The standard InChI is InChI=1S/C34H40O7/c1-3-4-14-21-38-34(2)40-32-31(37-24-28-19-12-7-13-20-28)30(36-23-27-17-10-6-11-18-27)29(39-33(32)41-34)25-35-22-26-15-8-5-9-16-26/h3,5-13,15-20,29-33H,1,4,14,21-25H2,2H3/t29-,30-,31+,32-,33-,34?/m1/s1. The van der Waals surface area contributed by atoms with Crippen molar-refractivity contribution in [3.8, 4) is 0 Å². The molecule has 2 aliphatic rings. The molecule has 2 fully saturated rings. The third-order valence-electron chi connectivity index (χ3n) is 7.15. The molecule has 7 nitrogen and oxygen atoms in total. The Labute approximate surface area is 242 Å². The summed E-state index contributed by atoms with van der Waals surface area (Å²) in [6, 6.07) is 30.2. The van der Waals surface area contributed by atoms with Crippen LogP contribution in [0.15, 0.2) is 104 Å². The number of benzene rings is 3. The zero-order chi connectivity index (χ0) is 28.3. The Morgan fingerprint density at radius 2 is 1.32 bits per heavy atom. The lowest BCUT2D eigenvalue weighted by Gasteiger charge is -2.42. The molecule has 2 saturated heterocycles. The van der Waals surface area contributed by atoms with Gasteiger partial charge in [0.1, 0.15) is 24.4 Å². The van der Waals surface area contributed by atoms with Gasteiger partial charge in [-0.1, -0.05) is 97.1 Å². The highest BCUT2D eigenvalue weighted by atomic mass is 16.9. The Morgan fingerprint density at radius 1 is 0.756 bits per heavy atom. The average Bonchev–Trinajstić information content (AvgIpc) is 3.35. The van der Waals surface area contributed by atoms with E-state index in [0.29, 0.717) is 33.0 Å². The fourth-order valence-electron chi connectivity index (χ4n) is 5.06. The lowest BCUT2D eigenvalue weighted by Crippen LogP contribution is -2.59. The van der Waals surface area contributed by atoms with E-state index in [2.05, 4.69) is 6.58 Å². The molecule has 0 aliphatic carbocycles. The van der Waals surface area contributed by atoms with Crippen molar-refractivity contribution in [1.82, 2.24) is 0 Å². The first-order chi connectivity index (χ1) is 20.1. The number of unbranched alkanes of at least 4 members (excludes halogenated alkanes) is 1. The van der Waals surface area contributed by atoms with Crippen LogP contribution in [0.5, 0.6) is 0 Å². The summed E-state index contributed by atoms with van der Waals surface area (Å²) < 4.78 is 44.4. The van der Waals surface area contributed by atoms with Crippen molar-refractivity contribution in [3.63, 3.8) is 0 Å². The highest BCUT2D eigenvalue weighted by Gasteiger charge is 2.57. The molecule has 2 heterocycles. The third-order valence-corrected chi connectivity index (χ3v) is 7.15.